The molecule has 1 aliphatic rings. The van der Waals surface area contributed by atoms with Crippen LogP contribution in [0.3, 0.4) is 0 Å². The Morgan fingerprint density at radius 1 is 1.35 bits per heavy atom. The number of aliphatic hydroxyl groups excluding tert-OH is 1. The number of nitrogens with two attached hydrogens (primary N) is 1. The minimum atomic E-state index is -0.196. The summed E-state index contributed by atoms with van der Waals surface area (Å²) in [5.41, 5.74) is 6.47. The first-order valence-corrected chi connectivity index (χ1v) is 7.36. The number of nitrogens with zero attached hydrogens (tertiary/aromatic N) is 1. The fraction of sp³-hybridized carbons (Fsp3) is 0.533. The standard InChI is InChI=1S/C15H21ClN2O2/c16-13-3-1-11(2-4-13)15(20)12-5-7-18(8-6-12)9-14(17)10-19/h1-4,12,14,19H,5-10,17H2. The Hall–Kier alpha value is -0.940. The molecule has 2 rings (SSSR count). The van der Waals surface area contributed by atoms with Crippen molar-refractivity contribution in [2.45, 2.75) is 18.9 Å². The summed E-state index contributed by atoms with van der Waals surface area (Å²) in [4.78, 5) is 14.6. The molecule has 0 aliphatic carbocycles. The number of piperidine rings is 1. The SMILES string of the molecule is NC(CO)CN1CCC(C(=O)c2ccc(Cl)cc2)CC1. The van der Waals surface area contributed by atoms with Crippen LogP contribution in [0.25, 0.3) is 0 Å². The highest BCUT2D eigenvalue weighted by atomic mass is 35.5. The van der Waals surface area contributed by atoms with Gasteiger partial charge < -0.3 is 15.7 Å². The van der Waals surface area contributed by atoms with Gasteiger partial charge in [-0.05, 0) is 50.2 Å². The van der Waals surface area contributed by atoms with Gasteiger partial charge in [0.1, 0.15) is 0 Å². The lowest BCUT2D eigenvalue weighted by Gasteiger charge is -2.32. The van der Waals surface area contributed by atoms with Gasteiger partial charge in [-0.25, -0.2) is 0 Å². The molecule has 4 nitrogen and oxygen atoms in total. The van der Waals surface area contributed by atoms with Crippen LogP contribution < -0.4 is 5.73 Å². The normalized spacial score (nSPS) is 18.9. The molecule has 1 unspecified atom stereocenters. The van der Waals surface area contributed by atoms with Gasteiger partial charge in [0.15, 0.2) is 5.78 Å². The third-order valence-electron chi connectivity index (χ3n) is 3.81. The van der Waals surface area contributed by atoms with E-state index in [4.69, 9.17) is 22.4 Å². The highest BCUT2D eigenvalue weighted by molar-refractivity contribution is 6.30. The smallest absolute Gasteiger partial charge is 0.166 e. The van der Waals surface area contributed by atoms with Crippen molar-refractivity contribution in [3.8, 4) is 0 Å². The van der Waals surface area contributed by atoms with E-state index in [2.05, 4.69) is 4.90 Å². The zero-order chi connectivity index (χ0) is 14.5. The van der Waals surface area contributed by atoms with Crippen LogP contribution in [0.5, 0.6) is 0 Å². The van der Waals surface area contributed by atoms with Crippen LogP contribution in [0, 0.1) is 5.92 Å². The van der Waals surface area contributed by atoms with Crippen LogP contribution in [0.2, 0.25) is 5.02 Å². The minimum Gasteiger partial charge on any atom is -0.395 e. The number of rotatable bonds is 5. The van der Waals surface area contributed by atoms with Crippen molar-refractivity contribution in [1.82, 2.24) is 4.90 Å². The molecule has 0 aromatic heterocycles. The maximum absolute atomic E-state index is 12.4. The van der Waals surface area contributed by atoms with Crippen LogP contribution in [0.4, 0.5) is 0 Å². The van der Waals surface area contributed by atoms with E-state index in [9.17, 15) is 4.79 Å². The van der Waals surface area contributed by atoms with E-state index in [0.717, 1.165) is 31.5 Å². The van der Waals surface area contributed by atoms with Gasteiger partial charge in [-0.15, -0.1) is 0 Å². The first-order chi connectivity index (χ1) is 9.60. The Bertz CT molecular complexity index is 442. The van der Waals surface area contributed by atoms with Crippen LogP contribution in [0.15, 0.2) is 24.3 Å². The van der Waals surface area contributed by atoms with Crippen molar-refractivity contribution < 1.29 is 9.90 Å². The Morgan fingerprint density at radius 3 is 2.50 bits per heavy atom. The van der Waals surface area contributed by atoms with Gasteiger partial charge in [0.2, 0.25) is 0 Å². The number of carbonyl (C=O) groups excluding carboxylic acids is 1. The monoisotopic (exact) mass is 296 g/mol. The van der Waals surface area contributed by atoms with Crippen molar-refractivity contribution in [2.75, 3.05) is 26.2 Å². The number of aliphatic hydroxyl groups is 1. The largest absolute Gasteiger partial charge is 0.395 e. The van der Waals surface area contributed by atoms with E-state index in [1.165, 1.54) is 0 Å². The van der Waals surface area contributed by atoms with Gasteiger partial charge in [-0.1, -0.05) is 11.6 Å². The van der Waals surface area contributed by atoms with E-state index in [1.807, 2.05) is 0 Å². The quantitative estimate of drug-likeness (QED) is 0.809. The molecule has 0 amide bonds. The number of hydrogen-bond acceptors (Lipinski definition) is 4. The van der Waals surface area contributed by atoms with E-state index in [1.54, 1.807) is 24.3 Å². The lowest BCUT2D eigenvalue weighted by atomic mass is 9.89. The Balaban J connectivity index is 1.87. The fourth-order valence-corrected chi connectivity index (χ4v) is 2.74. The highest BCUT2D eigenvalue weighted by Crippen LogP contribution is 2.22. The van der Waals surface area contributed by atoms with Crippen molar-refractivity contribution in [1.29, 1.82) is 0 Å². The molecule has 3 N–H and O–H groups in total. The Labute approximate surface area is 124 Å². The lowest BCUT2D eigenvalue weighted by Crippen LogP contribution is -2.44. The molecule has 1 aromatic rings. The molecule has 0 radical (unpaired) electrons. The van der Waals surface area contributed by atoms with Crippen molar-refractivity contribution in [3.63, 3.8) is 0 Å². The van der Waals surface area contributed by atoms with E-state index >= 15 is 0 Å². The lowest BCUT2D eigenvalue weighted by molar-refractivity contribution is 0.0827. The molecule has 1 aliphatic heterocycles. The first-order valence-electron chi connectivity index (χ1n) is 6.98. The molecule has 0 saturated carbocycles. The molecule has 110 valence electrons. The predicted molar refractivity (Wildman–Crippen MR) is 80.0 cm³/mol. The average molecular weight is 297 g/mol. The first kappa shape index (κ1) is 15.4. The van der Waals surface area contributed by atoms with E-state index < -0.39 is 0 Å². The number of likely N-dealkylation sites (tertiary alicyclic amines) is 1. The number of ketones is 1. The molecule has 5 heteroatoms. The van der Waals surface area contributed by atoms with Crippen LogP contribution in [-0.2, 0) is 0 Å². The summed E-state index contributed by atoms with van der Waals surface area (Å²) in [5.74, 6) is 0.283. The second kappa shape index (κ2) is 7.18. The summed E-state index contributed by atoms with van der Waals surface area (Å²) in [6, 6.07) is 6.89. The number of benzene rings is 1. The molecule has 0 spiro atoms. The van der Waals surface area contributed by atoms with Crippen molar-refractivity contribution in [3.05, 3.63) is 34.9 Å². The van der Waals surface area contributed by atoms with E-state index in [-0.39, 0.29) is 24.3 Å². The van der Waals surface area contributed by atoms with Gasteiger partial charge in [0.05, 0.1) is 6.61 Å². The summed E-state index contributed by atoms with van der Waals surface area (Å²) in [7, 11) is 0. The van der Waals surface area contributed by atoms with Gasteiger partial charge in [-0.3, -0.25) is 4.79 Å². The summed E-state index contributed by atoms with van der Waals surface area (Å²) < 4.78 is 0. The molecule has 20 heavy (non-hydrogen) atoms. The van der Waals surface area contributed by atoms with Crippen LogP contribution >= 0.6 is 11.6 Å². The molecular formula is C15H21ClN2O2. The molecule has 1 saturated heterocycles. The molecule has 0 bridgehead atoms. The second-order valence-electron chi connectivity index (χ2n) is 5.39. The molecule has 1 fully saturated rings. The summed E-state index contributed by atoms with van der Waals surface area (Å²) in [5, 5.41) is 9.61. The van der Waals surface area contributed by atoms with E-state index in [0.29, 0.717) is 11.6 Å². The number of Topliss-reactive ketones (excluding diaryl/α,β-unsaturated/α-hetero) is 1. The molecular weight excluding hydrogens is 276 g/mol. The summed E-state index contributed by atoms with van der Waals surface area (Å²) >= 11 is 5.83. The number of carbonyl (C=O) groups is 1. The zero-order valence-electron chi connectivity index (χ0n) is 11.5. The zero-order valence-corrected chi connectivity index (χ0v) is 12.2. The molecule has 1 atom stereocenters. The maximum atomic E-state index is 12.4. The average Bonchev–Trinajstić information content (AvgIpc) is 2.48. The third kappa shape index (κ3) is 4.03. The van der Waals surface area contributed by atoms with Gasteiger partial charge >= 0.3 is 0 Å². The number of halogens is 1. The molecule has 1 heterocycles. The Morgan fingerprint density at radius 2 is 1.95 bits per heavy atom. The predicted octanol–water partition coefficient (Wildman–Crippen LogP) is 1.55. The topological polar surface area (TPSA) is 66.6 Å². The van der Waals surface area contributed by atoms with Gasteiger partial charge in [0.25, 0.3) is 0 Å². The number of hydrogen-bond donors (Lipinski definition) is 2. The Kier molecular flexibility index (Phi) is 5.54. The maximum Gasteiger partial charge on any atom is 0.166 e. The minimum absolute atomic E-state index is 0.00361. The summed E-state index contributed by atoms with van der Waals surface area (Å²) in [6.45, 7) is 2.41. The summed E-state index contributed by atoms with van der Waals surface area (Å²) in [6.07, 6.45) is 1.69. The van der Waals surface area contributed by atoms with Crippen LogP contribution in [0.1, 0.15) is 23.2 Å². The van der Waals surface area contributed by atoms with Crippen molar-refractivity contribution in [2.24, 2.45) is 11.7 Å². The van der Waals surface area contributed by atoms with Gasteiger partial charge in [0, 0.05) is 29.1 Å². The van der Waals surface area contributed by atoms with Crippen LogP contribution in [-0.4, -0.2) is 48.1 Å². The third-order valence-corrected chi connectivity index (χ3v) is 4.07. The molecule has 1 aromatic carbocycles. The van der Waals surface area contributed by atoms with Gasteiger partial charge in [-0.2, -0.15) is 0 Å². The fourth-order valence-electron chi connectivity index (χ4n) is 2.62. The van der Waals surface area contributed by atoms with Crippen molar-refractivity contribution >= 4 is 17.4 Å². The highest BCUT2D eigenvalue weighted by Gasteiger charge is 2.26. The second-order valence-corrected chi connectivity index (χ2v) is 5.83.